The largest absolute Gasteiger partial charge is 0.350 e. The lowest BCUT2D eigenvalue weighted by atomic mass is 10.1. The van der Waals surface area contributed by atoms with Crippen LogP contribution in [0.2, 0.25) is 0 Å². The van der Waals surface area contributed by atoms with Gasteiger partial charge in [0, 0.05) is 56.2 Å². The molecule has 1 aromatic carbocycles. The van der Waals surface area contributed by atoms with Gasteiger partial charge >= 0.3 is 6.03 Å². The van der Waals surface area contributed by atoms with Crippen molar-refractivity contribution in [2.24, 2.45) is 7.05 Å². The van der Waals surface area contributed by atoms with E-state index in [9.17, 15) is 4.79 Å². The van der Waals surface area contributed by atoms with E-state index in [2.05, 4.69) is 53.3 Å². The number of amides is 2. The van der Waals surface area contributed by atoms with Crippen LogP contribution in [0.3, 0.4) is 0 Å². The van der Waals surface area contributed by atoms with Gasteiger partial charge in [0.05, 0.1) is 6.04 Å². The van der Waals surface area contributed by atoms with E-state index in [-0.39, 0.29) is 12.1 Å². The highest BCUT2D eigenvalue weighted by atomic mass is 16.2. The smallest absolute Gasteiger partial charge is 0.317 e. The molecule has 4 rings (SSSR count). The van der Waals surface area contributed by atoms with Crippen molar-refractivity contribution in [3.05, 3.63) is 54.0 Å². The minimum absolute atomic E-state index is 0.0238. The maximum Gasteiger partial charge on any atom is 0.317 e. The molecule has 1 aliphatic rings. The van der Waals surface area contributed by atoms with Crippen LogP contribution in [0.25, 0.3) is 10.9 Å². The number of fused-ring (bicyclic) bond motifs is 1. The number of likely N-dealkylation sites (tertiary alicyclic amines) is 1. The van der Waals surface area contributed by atoms with E-state index < -0.39 is 0 Å². The van der Waals surface area contributed by atoms with Crippen molar-refractivity contribution >= 4 is 16.9 Å². The normalized spacial score (nSPS) is 17.2. The number of nitrogens with zero attached hydrogens (tertiary/aromatic N) is 4. The standard InChI is InChI=1S/C20H25N5O/c1-15-4-5-18-16(13-23(2)19(18)12-15)6-9-21-20(26)24-11-7-17(14-24)25-10-3-8-22-25/h3-5,8,10,12-13,17H,6-7,9,11,14H2,1-2H3,(H,21,26). The van der Waals surface area contributed by atoms with Crippen LogP contribution < -0.4 is 5.32 Å². The quantitative estimate of drug-likeness (QED) is 0.786. The number of urea groups is 1. The molecule has 0 radical (unpaired) electrons. The van der Waals surface area contributed by atoms with E-state index >= 15 is 0 Å². The SMILES string of the molecule is Cc1ccc2c(CCNC(=O)N3CCC(n4cccn4)C3)cn(C)c2c1. The van der Waals surface area contributed by atoms with Crippen LogP contribution >= 0.6 is 0 Å². The van der Waals surface area contributed by atoms with Crippen LogP contribution in [0.15, 0.2) is 42.9 Å². The Hall–Kier alpha value is -2.76. The Morgan fingerprint density at radius 1 is 1.38 bits per heavy atom. The van der Waals surface area contributed by atoms with Gasteiger partial charge in [0.25, 0.3) is 0 Å². The molecule has 3 aromatic rings. The predicted octanol–water partition coefficient (Wildman–Crippen LogP) is 2.88. The van der Waals surface area contributed by atoms with Crippen molar-refractivity contribution in [2.45, 2.75) is 25.8 Å². The summed E-state index contributed by atoms with van der Waals surface area (Å²) in [7, 11) is 2.07. The zero-order valence-electron chi connectivity index (χ0n) is 15.4. The van der Waals surface area contributed by atoms with Gasteiger partial charge in [0.1, 0.15) is 0 Å². The number of hydrogen-bond acceptors (Lipinski definition) is 2. The van der Waals surface area contributed by atoms with Crippen molar-refractivity contribution in [3.63, 3.8) is 0 Å². The molecule has 1 N–H and O–H groups in total. The summed E-state index contributed by atoms with van der Waals surface area (Å²) in [6.07, 6.45) is 7.71. The van der Waals surface area contributed by atoms with Gasteiger partial charge in [-0.2, -0.15) is 5.10 Å². The molecule has 1 fully saturated rings. The lowest BCUT2D eigenvalue weighted by molar-refractivity contribution is 0.207. The fourth-order valence-corrected chi connectivity index (χ4v) is 3.83. The number of hydrogen-bond donors (Lipinski definition) is 1. The van der Waals surface area contributed by atoms with E-state index in [0.29, 0.717) is 6.54 Å². The fraction of sp³-hybridized carbons (Fsp3) is 0.400. The monoisotopic (exact) mass is 351 g/mol. The Balaban J connectivity index is 1.33. The Labute approximate surface area is 153 Å². The first-order valence-corrected chi connectivity index (χ1v) is 9.18. The van der Waals surface area contributed by atoms with Gasteiger partial charge in [0.15, 0.2) is 0 Å². The summed E-state index contributed by atoms with van der Waals surface area (Å²) in [5.41, 5.74) is 3.78. The van der Waals surface area contributed by atoms with Crippen LogP contribution in [0, 0.1) is 6.92 Å². The minimum Gasteiger partial charge on any atom is -0.350 e. The van der Waals surface area contributed by atoms with Gasteiger partial charge < -0.3 is 14.8 Å². The average molecular weight is 351 g/mol. The molecule has 136 valence electrons. The van der Waals surface area contributed by atoms with Crippen molar-refractivity contribution in [2.75, 3.05) is 19.6 Å². The third-order valence-corrected chi connectivity index (χ3v) is 5.25. The lowest BCUT2D eigenvalue weighted by Gasteiger charge is -2.17. The van der Waals surface area contributed by atoms with Crippen LogP contribution in [0.1, 0.15) is 23.6 Å². The summed E-state index contributed by atoms with van der Waals surface area (Å²) in [5.74, 6) is 0. The van der Waals surface area contributed by atoms with Gasteiger partial charge in [0.2, 0.25) is 0 Å². The van der Waals surface area contributed by atoms with E-state index in [4.69, 9.17) is 0 Å². The first kappa shape index (κ1) is 16.7. The summed E-state index contributed by atoms with van der Waals surface area (Å²) in [5, 5.41) is 8.63. The minimum atomic E-state index is 0.0238. The molecule has 0 spiro atoms. The topological polar surface area (TPSA) is 55.1 Å². The third kappa shape index (κ3) is 3.19. The van der Waals surface area contributed by atoms with Crippen LogP contribution in [0.5, 0.6) is 0 Å². The number of carbonyl (C=O) groups excluding carboxylic acids is 1. The Kier molecular flexibility index (Phi) is 4.41. The van der Waals surface area contributed by atoms with E-state index in [1.54, 1.807) is 6.20 Å². The number of aryl methyl sites for hydroxylation is 2. The predicted molar refractivity (Wildman–Crippen MR) is 102 cm³/mol. The second kappa shape index (κ2) is 6.86. The molecule has 2 amide bonds. The number of benzene rings is 1. The zero-order valence-corrected chi connectivity index (χ0v) is 15.4. The van der Waals surface area contributed by atoms with Gasteiger partial charge in [-0.05, 0) is 43.0 Å². The molecule has 1 atom stereocenters. The highest BCUT2D eigenvalue weighted by Crippen LogP contribution is 2.23. The van der Waals surface area contributed by atoms with Crippen LogP contribution in [0.4, 0.5) is 4.79 Å². The highest BCUT2D eigenvalue weighted by Gasteiger charge is 2.27. The van der Waals surface area contributed by atoms with Crippen molar-refractivity contribution in [3.8, 4) is 0 Å². The number of nitrogens with one attached hydrogen (secondary N) is 1. The van der Waals surface area contributed by atoms with Gasteiger partial charge in [-0.3, -0.25) is 4.68 Å². The summed E-state index contributed by atoms with van der Waals surface area (Å²) in [6.45, 7) is 4.26. The number of aromatic nitrogens is 3. The molecule has 6 nitrogen and oxygen atoms in total. The molecule has 0 bridgehead atoms. The lowest BCUT2D eigenvalue weighted by Crippen LogP contribution is -2.39. The Bertz CT molecular complexity index is 912. The molecule has 1 saturated heterocycles. The number of carbonyl (C=O) groups is 1. The summed E-state index contributed by atoms with van der Waals surface area (Å²) in [6, 6.07) is 8.76. The summed E-state index contributed by atoms with van der Waals surface area (Å²) < 4.78 is 4.11. The van der Waals surface area contributed by atoms with E-state index in [1.807, 2.05) is 21.8 Å². The highest BCUT2D eigenvalue weighted by molar-refractivity contribution is 5.84. The van der Waals surface area contributed by atoms with Crippen LogP contribution in [-0.2, 0) is 13.5 Å². The molecule has 2 aromatic heterocycles. The molecular formula is C20H25N5O. The van der Waals surface area contributed by atoms with Gasteiger partial charge in [-0.25, -0.2) is 4.79 Å². The summed E-state index contributed by atoms with van der Waals surface area (Å²) in [4.78, 5) is 14.3. The van der Waals surface area contributed by atoms with E-state index in [0.717, 1.165) is 25.9 Å². The number of rotatable bonds is 4. The summed E-state index contributed by atoms with van der Waals surface area (Å²) >= 11 is 0. The Morgan fingerprint density at radius 2 is 2.27 bits per heavy atom. The molecule has 0 aliphatic carbocycles. The average Bonchev–Trinajstić information content (AvgIpc) is 3.35. The third-order valence-electron chi connectivity index (χ3n) is 5.25. The van der Waals surface area contributed by atoms with Gasteiger partial charge in [-0.1, -0.05) is 12.1 Å². The molecular weight excluding hydrogens is 326 g/mol. The van der Waals surface area contributed by atoms with Crippen molar-refractivity contribution in [1.29, 1.82) is 0 Å². The van der Waals surface area contributed by atoms with Crippen LogP contribution in [-0.4, -0.2) is 44.9 Å². The Morgan fingerprint density at radius 3 is 3.08 bits per heavy atom. The maximum atomic E-state index is 12.4. The fourth-order valence-electron chi connectivity index (χ4n) is 3.83. The second-order valence-electron chi connectivity index (χ2n) is 7.14. The van der Waals surface area contributed by atoms with Gasteiger partial charge in [-0.15, -0.1) is 0 Å². The van der Waals surface area contributed by atoms with Crippen molar-refractivity contribution in [1.82, 2.24) is 24.6 Å². The second-order valence-corrected chi connectivity index (χ2v) is 7.14. The molecule has 1 aliphatic heterocycles. The van der Waals surface area contributed by atoms with Crippen molar-refractivity contribution < 1.29 is 4.79 Å². The first-order valence-electron chi connectivity index (χ1n) is 9.18. The first-order chi connectivity index (χ1) is 12.6. The molecule has 6 heteroatoms. The molecule has 26 heavy (non-hydrogen) atoms. The molecule has 0 saturated carbocycles. The molecule has 1 unspecified atom stereocenters. The zero-order chi connectivity index (χ0) is 18.1. The van der Waals surface area contributed by atoms with E-state index in [1.165, 1.54) is 22.0 Å². The maximum absolute atomic E-state index is 12.4. The molecule has 3 heterocycles.